The summed E-state index contributed by atoms with van der Waals surface area (Å²) in [5, 5.41) is 12.9. The summed E-state index contributed by atoms with van der Waals surface area (Å²) in [7, 11) is -2.17. The molecule has 7 nitrogen and oxygen atoms in total. The van der Waals surface area contributed by atoms with Gasteiger partial charge in [-0.15, -0.1) is 0 Å². The first-order valence-electron chi connectivity index (χ1n) is 6.72. The van der Waals surface area contributed by atoms with E-state index >= 15 is 0 Å². The third-order valence-electron chi connectivity index (χ3n) is 3.75. The van der Waals surface area contributed by atoms with Crippen LogP contribution in [0, 0.1) is 0 Å². The quantitative estimate of drug-likeness (QED) is 0.574. The van der Waals surface area contributed by atoms with Gasteiger partial charge in [-0.3, -0.25) is 0 Å². The Bertz CT molecular complexity index is 597. The summed E-state index contributed by atoms with van der Waals surface area (Å²) < 4.78 is 31.0. The van der Waals surface area contributed by atoms with Crippen LogP contribution in [0.3, 0.4) is 0 Å². The summed E-state index contributed by atoms with van der Waals surface area (Å²) in [5.41, 5.74) is 6.40. The molecule has 118 valence electrons. The van der Waals surface area contributed by atoms with Crippen LogP contribution in [0.1, 0.15) is 12.8 Å². The molecule has 1 aliphatic rings. The van der Waals surface area contributed by atoms with E-state index in [0.717, 1.165) is 0 Å². The molecule has 0 aromatic heterocycles. The average molecular weight is 315 g/mol. The molecule has 5 N–H and O–H groups in total. The summed E-state index contributed by atoms with van der Waals surface area (Å²) in [4.78, 5) is 0.109. The first kappa shape index (κ1) is 16.0. The van der Waals surface area contributed by atoms with Crippen LogP contribution in [0.4, 0.5) is 11.4 Å². The topological polar surface area (TPSA) is 114 Å². The molecule has 1 saturated heterocycles. The van der Waals surface area contributed by atoms with Crippen molar-refractivity contribution in [2.75, 3.05) is 37.9 Å². The van der Waals surface area contributed by atoms with Crippen molar-refractivity contribution in [1.82, 2.24) is 4.72 Å². The number of rotatable bonds is 5. The predicted octanol–water partition coefficient (Wildman–Crippen LogP) is 0.130. The van der Waals surface area contributed by atoms with Gasteiger partial charge >= 0.3 is 0 Å². The second-order valence-electron chi connectivity index (χ2n) is 5.13. The minimum atomic E-state index is -3.52. The van der Waals surface area contributed by atoms with Crippen LogP contribution in [0.2, 0.25) is 0 Å². The Morgan fingerprint density at radius 2 is 2.05 bits per heavy atom. The van der Waals surface area contributed by atoms with Crippen molar-refractivity contribution in [2.45, 2.75) is 23.3 Å². The average Bonchev–Trinajstić information content (AvgIpc) is 2.50. The summed E-state index contributed by atoms with van der Waals surface area (Å²) in [5.74, 6) is 0. The highest BCUT2D eigenvalue weighted by Crippen LogP contribution is 2.30. The third kappa shape index (κ3) is 3.46. The molecular formula is C13H21N3O4S. The lowest BCUT2D eigenvalue weighted by atomic mass is 9.90. The van der Waals surface area contributed by atoms with E-state index in [9.17, 15) is 13.5 Å². The van der Waals surface area contributed by atoms with Crippen LogP contribution in [0.5, 0.6) is 0 Å². The monoisotopic (exact) mass is 315 g/mol. The fourth-order valence-electron chi connectivity index (χ4n) is 2.31. The predicted molar refractivity (Wildman–Crippen MR) is 80.6 cm³/mol. The molecule has 0 aliphatic carbocycles. The molecule has 0 amide bonds. The van der Waals surface area contributed by atoms with Gasteiger partial charge in [0.1, 0.15) is 0 Å². The number of nitrogens with two attached hydrogens (primary N) is 1. The number of ether oxygens (including phenoxy) is 1. The van der Waals surface area contributed by atoms with Crippen molar-refractivity contribution in [1.29, 1.82) is 0 Å². The molecule has 1 heterocycles. The van der Waals surface area contributed by atoms with Gasteiger partial charge in [0.05, 0.1) is 28.4 Å². The molecule has 21 heavy (non-hydrogen) atoms. The number of sulfonamides is 1. The second kappa shape index (κ2) is 6.18. The lowest BCUT2D eigenvalue weighted by Gasteiger charge is -2.37. The highest BCUT2D eigenvalue weighted by Gasteiger charge is 2.32. The molecule has 0 atom stereocenters. The Hall–Kier alpha value is -1.35. The van der Waals surface area contributed by atoms with Crippen LogP contribution in [-0.4, -0.2) is 45.9 Å². The highest BCUT2D eigenvalue weighted by molar-refractivity contribution is 7.89. The minimum absolute atomic E-state index is 0.0354. The van der Waals surface area contributed by atoms with E-state index in [0.29, 0.717) is 37.4 Å². The second-order valence-corrected chi connectivity index (χ2v) is 7.02. The van der Waals surface area contributed by atoms with E-state index in [1.807, 2.05) is 0 Å². The Kier molecular flexibility index (Phi) is 4.72. The lowest BCUT2D eigenvalue weighted by Crippen LogP contribution is -2.47. The van der Waals surface area contributed by atoms with Crippen molar-refractivity contribution in [3.05, 3.63) is 18.2 Å². The Morgan fingerprint density at radius 1 is 1.38 bits per heavy atom. The Balaban J connectivity index is 2.25. The highest BCUT2D eigenvalue weighted by atomic mass is 32.2. The number of hydrogen-bond donors (Lipinski definition) is 4. The molecule has 0 unspecified atom stereocenters. The van der Waals surface area contributed by atoms with Gasteiger partial charge < -0.3 is 20.9 Å². The maximum atomic E-state index is 11.7. The molecule has 0 radical (unpaired) electrons. The normalized spacial score (nSPS) is 18.4. The maximum absolute atomic E-state index is 11.7. The van der Waals surface area contributed by atoms with Gasteiger partial charge in [-0.2, -0.15) is 0 Å². The standard InChI is InChI=1S/C13H21N3O4S/c1-15-21(18,19)10-2-3-12(11(14)8-10)16-13(9-17)4-6-20-7-5-13/h2-3,8,15-17H,4-7,9,14H2,1H3. The van der Waals surface area contributed by atoms with E-state index in [2.05, 4.69) is 10.0 Å². The molecule has 1 aromatic carbocycles. The van der Waals surface area contributed by atoms with Crippen molar-refractivity contribution in [2.24, 2.45) is 0 Å². The van der Waals surface area contributed by atoms with Gasteiger partial charge in [0.2, 0.25) is 10.0 Å². The van der Waals surface area contributed by atoms with Crippen molar-refractivity contribution in [3.8, 4) is 0 Å². The van der Waals surface area contributed by atoms with Crippen LogP contribution in [0.15, 0.2) is 23.1 Å². The summed E-state index contributed by atoms with van der Waals surface area (Å²) in [6.07, 6.45) is 1.33. The van der Waals surface area contributed by atoms with E-state index in [4.69, 9.17) is 10.5 Å². The SMILES string of the molecule is CNS(=O)(=O)c1ccc(NC2(CO)CCOCC2)c(N)c1. The first-order valence-corrected chi connectivity index (χ1v) is 8.21. The van der Waals surface area contributed by atoms with Crippen molar-refractivity contribution < 1.29 is 18.3 Å². The first-order chi connectivity index (χ1) is 9.92. The van der Waals surface area contributed by atoms with Crippen molar-refractivity contribution >= 4 is 21.4 Å². The Labute approximate surface area is 124 Å². The van der Waals surface area contributed by atoms with Gasteiger partial charge in [-0.25, -0.2) is 13.1 Å². The van der Waals surface area contributed by atoms with Crippen LogP contribution in [0.25, 0.3) is 0 Å². The number of nitrogens with one attached hydrogen (secondary N) is 2. The van der Waals surface area contributed by atoms with E-state index in [1.165, 1.54) is 19.2 Å². The van der Waals surface area contributed by atoms with E-state index in [1.54, 1.807) is 6.07 Å². The molecule has 8 heteroatoms. The summed E-state index contributed by atoms with van der Waals surface area (Å²) in [6.45, 7) is 1.10. The molecule has 0 saturated carbocycles. The summed E-state index contributed by atoms with van der Waals surface area (Å²) >= 11 is 0. The van der Waals surface area contributed by atoms with Gasteiger partial charge in [0, 0.05) is 13.2 Å². The number of anilines is 2. The zero-order valence-electron chi connectivity index (χ0n) is 11.9. The molecule has 0 bridgehead atoms. The molecule has 1 aliphatic heterocycles. The van der Waals surface area contributed by atoms with Gasteiger partial charge in [0.15, 0.2) is 0 Å². The lowest BCUT2D eigenvalue weighted by molar-refractivity contribution is 0.0380. The number of nitrogen functional groups attached to an aromatic ring is 1. The fraction of sp³-hybridized carbons (Fsp3) is 0.538. The molecule has 0 spiro atoms. The number of hydrogen-bond acceptors (Lipinski definition) is 6. The number of aliphatic hydroxyl groups excluding tert-OH is 1. The van der Waals surface area contributed by atoms with Crippen LogP contribution >= 0.6 is 0 Å². The smallest absolute Gasteiger partial charge is 0.240 e. The minimum Gasteiger partial charge on any atom is -0.397 e. The maximum Gasteiger partial charge on any atom is 0.240 e. The number of aliphatic hydroxyl groups is 1. The van der Waals surface area contributed by atoms with E-state index < -0.39 is 15.6 Å². The third-order valence-corrected chi connectivity index (χ3v) is 5.17. The fourth-order valence-corrected chi connectivity index (χ4v) is 3.08. The van der Waals surface area contributed by atoms with Gasteiger partial charge in [0.25, 0.3) is 0 Å². The van der Waals surface area contributed by atoms with Gasteiger partial charge in [-0.05, 0) is 38.1 Å². The number of benzene rings is 1. The Morgan fingerprint density at radius 3 is 2.57 bits per heavy atom. The van der Waals surface area contributed by atoms with E-state index in [-0.39, 0.29) is 11.5 Å². The molecule has 2 rings (SSSR count). The largest absolute Gasteiger partial charge is 0.397 e. The molecular weight excluding hydrogens is 294 g/mol. The zero-order valence-corrected chi connectivity index (χ0v) is 12.7. The molecule has 1 aromatic rings. The van der Waals surface area contributed by atoms with Crippen LogP contribution in [-0.2, 0) is 14.8 Å². The molecule has 1 fully saturated rings. The van der Waals surface area contributed by atoms with Crippen molar-refractivity contribution in [3.63, 3.8) is 0 Å². The van der Waals surface area contributed by atoms with Gasteiger partial charge in [-0.1, -0.05) is 0 Å². The summed E-state index contributed by atoms with van der Waals surface area (Å²) in [6, 6.07) is 4.50. The van der Waals surface area contributed by atoms with Crippen LogP contribution < -0.4 is 15.8 Å². The zero-order chi connectivity index (χ0) is 15.5.